The fourth-order valence-electron chi connectivity index (χ4n) is 4.75. The second-order valence-electron chi connectivity index (χ2n) is 7.23. The number of phenols is 1. The Labute approximate surface area is 132 Å². The number of nitrogens with one attached hydrogen (secondary N) is 1. The van der Waals surface area contributed by atoms with Crippen molar-refractivity contribution in [1.82, 2.24) is 9.88 Å². The molecule has 0 saturated carbocycles. The summed E-state index contributed by atoms with van der Waals surface area (Å²) in [6.07, 6.45) is 5.03. The summed E-state index contributed by atoms with van der Waals surface area (Å²) in [5.74, 6) is 1.81. The monoisotopic (exact) mass is 298 g/mol. The summed E-state index contributed by atoms with van der Waals surface area (Å²) in [5, 5.41) is 11.1. The molecule has 3 heteroatoms. The molecule has 1 saturated heterocycles. The highest BCUT2D eigenvalue weighted by atomic mass is 16.3. The first-order chi connectivity index (χ1) is 10.7. The van der Waals surface area contributed by atoms with Crippen LogP contribution >= 0.6 is 0 Å². The molecule has 2 aliphatic heterocycles. The van der Waals surface area contributed by atoms with Gasteiger partial charge in [0.25, 0.3) is 0 Å². The van der Waals surface area contributed by atoms with E-state index in [1.807, 2.05) is 12.1 Å². The Morgan fingerprint density at radius 2 is 2.23 bits per heavy atom. The van der Waals surface area contributed by atoms with Gasteiger partial charge in [0.1, 0.15) is 5.75 Å². The van der Waals surface area contributed by atoms with Crippen molar-refractivity contribution in [1.29, 1.82) is 0 Å². The Balaban J connectivity index is 1.80. The van der Waals surface area contributed by atoms with Crippen LogP contribution in [-0.4, -0.2) is 34.1 Å². The number of H-pyrrole nitrogens is 1. The molecule has 2 bridgehead atoms. The van der Waals surface area contributed by atoms with Crippen molar-refractivity contribution in [3.63, 3.8) is 0 Å². The number of fused-ring (bicyclic) bond motifs is 6. The van der Waals surface area contributed by atoms with Crippen LogP contribution in [0, 0.1) is 5.92 Å². The number of phenolic OH excluding ortho intramolecular Hbond substituents is 1. The maximum absolute atomic E-state index is 9.85. The van der Waals surface area contributed by atoms with Crippen molar-refractivity contribution >= 4 is 10.9 Å². The van der Waals surface area contributed by atoms with Crippen LogP contribution in [0.3, 0.4) is 0 Å². The minimum absolute atomic E-state index is 0.374. The van der Waals surface area contributed by atoms with Gasteiger partial charge in [-0.25, -0.2) is 0 Å². The van der Waals surface area contributed by atoms with Gasteiger partial charge in [-0.1, -0.05) is 13.3 Å². The van der Waals surface area contributed by atoms with Gasteiger partial charge in [0.05, 0.1) is 0 Å². The summed E-state index contributed by atoms with van der Waals surface area (Å²) in [5.41, 5.74) is 4.07. The van der Waals surface area contributed by atoms with E-state index in [4.69, 9.17) is 0 Å². The fraction of sp³-hybridized carbons (Fsp3) is 0.579. The zero-order valence-corrected chi connectivity index (χ0v) is 13.6. The molecule has 2 aliphatic rings. The second kappa shape index (κ2) is 5.31. The topological polar surface area (TPSA) is 39.3 Å². The molecule has 2 aromatic rings. The van der Waals surface area contributed by atoms with Gasteiger partial charge in [-0.05, 0) is 55.9 Å². The minimum atomic E-state index is 0.374. The molecule has 2 N–H and O–H groups in total. The quantitative estimate of drug-likeness (QED) is 0.879. The van der Waals surface area contributed by atoms with Crippen LogP contribution in [0.25, 0.3) is 10.9 Å². The van der Waals surface area contributed by atoms with E-state index in [1.54, 1.807) is 6.07 Å². The molecular weight excluding hydrogens is 272 g/mol. The normalized spacial score (nSPS) is 31.0. The second-order valence-corrected chi connectivity index (χ2v) is 7.23. The van der Waals surface area contributed by atoms with Crippen molar-refractivity contribution < 1.29 is 5.11 Å². The van der Waals surface area contributed by atoms with Crippen LogP contribution in [0.15, 0.2) is 18.2 Å². The molecule has 1 aromatic carbocycles. The average Bonchev–Trinajstić information content (AvgIpc) is 2.82. The molecule has 0 spiro atoms. The third-order valence-electron chi connectivity index (χ3n) is 5.88. The Morgan fingerprint density at radius 1 is 1.36 bits per heavy atom. The van der Waals surface area contributed by atoms with Gasteiger partial charge in [-0.3, -0.25) is 4.90 Å². The molecule has 3 unspecified atom stereocenters. The Hall–Kier alpha value is -1.48. The zero-order chi connectivity index (χ0) is 15.3. The van der Waals surface area contributed by atoms with Crippen LogP contribution in [0.1, 0.15) is 50.3 Å². The van der Waals surface area contributed by atoms with Gasteiger partial charge in [0.15, 0.2) is 0 Å². The van der Waals surface area contributed by atoms with Crippen molar-refractivity contribution in [2.24, 2.45) is 5.92 Å². The lowest BCUT2D eigenvalue weighted by Gasteiger charge is -2.41. The van der Waals surface area contributed by atoms with E-state index >= 15 is 0 Å². The van der Waals surface area contributed by atoms with E-state index in [0.29, 0.717) is 17.7 Å². The largest absolute Gasteiger partial charge is 0.508 e. The number of nitrogens with zero attached hydrogens (tertiary/aromatic N) is 1. The summed E-state index contributed by atoms with van der Waals surface area (Å²) < 4.78 is 0. The molecule has 3 nitrogen and oxygen atoms in total. The third kappa shape index (κ3) is 2.14. The predicted molar refractivity (Wildman–Crippen MR) is 90.5 cm³/mol. The lowest BCUT2D eigenvalue weighted by Crippen LogP contribution is -2.45. The van der Waals surface area contributed by atoms with Gasteiger partial charge in [-0.15, -0.1) is 0 Å². The van der Waals surface area contributed by atoms with E-state index in [-0.39, 0.29) is 0 Å². The van der Waals surface area contributed by atoms with E-state index < -0.39 is 0 Å². The van der Waals surface area contributed by atoms with E-state index in [0.717, 1.165) is 18.9 Å². The Kier molecular flexibility index (Phi) is 3.41. The molecule has 22 heavy (non-hydrogen) atoms. The van der Waals surface area contributed by atoms with Gasteiger partial charge in [-0.2, -0.15) is 0 Å². The molecule has 4 rings (SSSR count). The third-order valence-corrected chi connectivity index (χ3v) is 5.88. The van der Waals surface area contributed by atoms with Crippen LogP contribution in [-0.2, 0) is 6.42 Å². The van der Waals surface area contributed by atoms with E-state index in [2.05, 4.69) is 23.7 Å². The highest BCUT2D eigenvalue weighted by molar-refractivity contribution is 5.86. The minimum Gasteiger partial charge on any atom is -0.508 e. The van der Waals surface area contributed by atoms with Gasteiger partial charge in [0.2, 0.25) is 0 Å². The van der Waals surface area contributed by atoms with Crippen LogP contribution in [0.2, 0.25) is 0 Å². The molecule has 118 valence electrons. The summed E-state index contributed by atoms with van der Waals surface area (Å²) in [4.78, 5) is 6.39. The van der Waals surface area contributed by atoms with Crippen LogP contribution in [0.5, 0.6) is 5.75 Å². The number of aromatic amines is 1. The van der Waals surface area contributed by atoms with Crippen molar-refractivity contribution in [2.75, 3.05) is 13.1 Å². The van der Waals surface area contributed by atoms with Gasteiger partial charge >= 0.3 is 0 Å². The summed E-state index contributed by atoms with van der Waals surface area (Å²) >= 11 is 0. The maximum atomic E-state index is 9.85. The molecule has 3 heterocycles. The lowest BCUT2D eigenvalue weighted by atomic mass is 9.80. The number of hydrogen-bond acceptors (Lipinski definition) is 2. The van der Waals surface area contributed by atoms with Crippen molar-refractivity contribution in [2.45, 2.75) is 51.5 Å². The first-order valence-corrected chi connectivity index (χ1v) is 8.75. The molecule has 4 atom stereocenters. The van der Waals surface area contributed by atoms with Crippen molar-refractivity contribution in [3.8, 4) is 5.75 Å². The molecule has 1 fully saturated rings. The number of rotatable bonds is 2. The molecule has 0 radical (unpaired) electrons. The summed E-state index contributed by atoms with van der Waals surface area (Å²) in [6, 6.07) is 6.36. The first-order valence-electron chi connectivity index (χ1n) is 8.75. The molecular formula is C19H26N2O. The molecule has 0 aliphatic carbocycles. The Bertz CT molecular complexity index is 690. The van der Waals surface area contributed by atoms with Crippen LogP contribution in [0.4, 0.5) is 0 Å². The fourth-order valence-corrected chi connectivity index (χ4v) is 4.75. The SMILES string of the molecule is CCC[C@H]1CC2c3[nH]c4ccc(O)cc4c3CCN(C1)C2C. The number of aromatic nitrogens is 1. The first kappa shape index (κ1) is 14.1. The number of hydrogen-bond donors (Lipinski definition) is 2. The highest BCUT2D eigenvalue weighted by Gasteiger charge is 2.38. The number of piperidine rings is 1. The maximum Gasteiger partial charge on any atom is 0.116 e. The van der Waals surface area contributed by atoms with Gasteiger partial charge < -0.3 is 10.1 Å². The van der Waals surface area contributed by atoms with E-state index in [1.165, 1.54) is 48.0 Å². The zero-order valence-electron chi connectivity index (χ0n) is 13.6. The Morgan fingerprint density at radius 3 is 3.05 bits per heavy atom. The van der Waals surface area contributed by atoms with Gasteiger partial charge in [0, 0.05) is 41.6 Å². The van der Waals surface area contributed by atoms with E-state index in [9.17, 15) is 5.11 Å². The standard InChI is InChI=1S/C19H26N2O/c1-3-4-13-9-16-12(2)21(11-13)8-7-15-17-10-14(22)5-6-18(17)20-19(15)16/h5-6,10,12-13,16,20,22H,3-4,7-9,11H2,1-2H3/t12?,13-,16?/m0/s1. The molecule has 1 aromatic heterocycles. The summed E-state index contributed by atoms with van der Waals surface area (Å²) in [7, 11) is 0. The van der Waals surface area contributed by atoms with Crippen molar-refractivity contribution in [3.05, 3.63) is 29.5 Å². The number of aromatic hydroxyl groups is 1. The predicted octanol–water partition coefficient (Wildman–Crippen LogP) is 4.02. The molecule has 0 amide bonds. The average molecular weight is 298 g/mol. The highest BCUT2D eigenvalue weighted by Crippen LogP contribution is 2.42. The summed E-state index contributed by atoms with van der Waals surface area (Å²) in [6.45, 7) is 7.10. The lowest BCUT2D eigenvalue weighted by molar-refractivity contribution is 0.0991. The van der Waals surface area contributed by atoms with Crippen LogP contribution < -0.4 is 0 Å². The smallest absolute Gasteiger partial charge is 0.116 e. The number of benzene rings is 1.